The molecule has 1 aromatic rings. The molecular weight excluding hydrogens is 320 g/mol. The molecule has 0 amide bonds. The van der Waals surface area contributed by atoms with Crippen LogP contribution in [0, 0.1) is 16.0 Å². The number of allylic oxidation sites excluding steroid dienone is 2. The van der Waals surface area contributed by atoms with Gasteiger partial charge in [-0.3, -0.25) is 10.1 Å². The highest BCUT2D eigenvalue weighted by atomic mass is 16.6. The van der Waals surface area contributed by atoms with Gasteiger partial charge in [-0.15, -0.1) is 0 Å². The van der Waals surface area contributed by atoms with Gasteiger partial charge in [0, 0.05) is 35.2 Å². The number of hydrogen-bond acceptors (Lipinski definition) is 5. The summed E-state index contributed by atoms with van der Waals surface area (Å²) in [5.41, 5.74) is 2.19. The number of methoxy groups -OCH3 is 1. The Labute approximate surface area is 148 Å². The van der Waals surface area contributed by atoms with E-state index in [-0.39, 0.29) is 23.3 Å². The third-order valence-corrected chi connectivity index (χ3v) is 5.20. The first-order valence-corrected chi connectivity index (χ1v) is 8.98. The Morgan fingerprint density at radius 1 is 1.36 bits per heavy atom. The summed E-state index contributed by atoms with van der Waals surface area (Å²) in [6.07, 6.45) is 5.36. The predicted octanol–water partition coefficient (Wildman–Crippen LogP) is 3.07. The number of benzene rings is 1. The van der Waals surface area contributed by atoms with Gasteiger partial charge >= 0.3 is 0 Å². The van der Waals surface area contributed by atoms with E-state index in [1.54, 1.807) is 7.11 Å². The first-order valence-electron chi connectivity index (χ1n) is 8.98. The van der Waals surface area contributed by atoms with Crippen molar-refractivity contribution in [3.8, 4) is 5.75 Å². The van der Waals surface area contributed by atoms with Crippen molar-refractivity contribution in [1.82, 2.24) is 4.90 Å². The lowest BCUT2D eigenvalue weighted by molar-refractivity contribution is -0.484. The average molecular weight is 346 g/mol. The van der Waals surface area contributed by atoms with Crippen LogP contribution in [0.2, 0.25) is 0 Å². The van der Waals surface area contributed by atoms with Gasteiger partial charge in [-0.05, 0) is 25.3 Å². The first-order chi connectivity index (χ1) is 12.2. The predicted molar refractivity (Wildman–Crippen MR) is 95.4 cm³/mol. The highest BCUT2D eigenvalue weighted by molar-refractivity contribution is 5.38. The van der Waals surface area contributed by atoms with Gasteiger partial charge in [0.05, 0.1) is 26.2 Å². The summed E-state index contributed by atoms with van der Waals surface area (Å²) in [5, 5.41) is 11.4. The summed E-state index contributed by atoms with van der Waals surface area (Å²) in [6.45, 7) is 3.09. The number of ether oxygens (including phenoxy) is 2. The molecule has 1 aromatic carbocycles. The second kappa shape index (κ2) is 8.34. The molecule has 0 N–H and O–H groups in total. The maximum Gasteiger partial charge on any atom is 0.211 e. The summed E-state index contributed by atoms with van der Waals surface area (Å²) < 4.78 is 11.0. The lowest BCUT2D eigenvalue weighted by Gasteiger charge is -2.39. The minimum absolute atomic E-state index is 0.0767. The first kappa shape index (κ1) is 17.7. The second-order valence-corrected chi connectivity index (χ2v) is 6.63. The molecule has 0 aromatic heterocycles. The molecule has 0 saturated carbocycles. The Kier molecular flexibility index (Phi) is 5.91. The summed E-state index contributed by atoms with van der Waals surface area (Å²) >= 11 is 0. The van der Waals surface area contributed by atoms with Crippen molar-refractivity contribution >= 4 is 0 Å². The summed E-state index contributed by atoms with van der Waals surface area (Å²) in [7, 11) is 1.63. The molecule has 1 aliphatic carbocycles. The van der Waals surface area contributed by atoms with Crippen LogP contribution in [0.25, 0.3) is 0 Å². The molecular formula is C19H26N2O4. The van der Waals surface area contributed by atoms with Crippen LogP contribution in [-0.2, 0) is 4.74 Å². The van der Waals surface area contributed by atoms with Crippen LogP contribution in [0.1, 0.15) is 30.7 Å². The van der Waals surface area contributed by atoms with Gasteiger partial charge in [-0.1, -0.05) is 24.3 Å². The van der Waals surface area contributed by atoms with Crippen LogP contribution >= 0.6 is 0 Å². The standard InChI is InChI=1S/C19H26N2O4/c1-24-19-9-5-3-7-16(19)17(14-21(22)23)15-6-2-4-8-18(15)20-10-12-25-13-11-20/h3,5,7-9,15,17H,2,4,6,10-14H2,1H3/t15-,17+/m1/s1. The largest absolute Gasteiger partial charge is 0.496 e. The number of hydrogen-bond donors (Lipinski definition) is 0. The minimum Gasteiger partial charge on any atom is -0.496 e. The van der Waals surface area contributed by atoms with Gasteiger partial charge in [0.1, 0.15) is 5.75 Å². The molecule has 1 saturated heterocycles. The number of morpholine rings is 1. The molecule has 1 fully saturated rings. The monoisotopic (exact) mass is 346 g/mol. The normalized spacial score (nSPS) is 22.2. The van der Waals surface area contributed by atoms with Crippen LogP contribution in [0.15, 0.2) is 36.0 Å². The van der Waals surface area contributed by atoms with Crippen molar-refractivity contribution in [1.29, 1.82) is 0 Å². The van der Waals surface area contributed by atoms with E-state index in [1.165, 1.54) is 5.70 Å². The second-order valence-electron chi connectivity index (χ2n) is 6.63. The van der Waals surface area contributed by atoms with E-state index in [2.05, 4.69) is 11.0 Å². The lowest BCUT2D eigenvalue weighted by atomic mass is 9.77. The quantitative estimate of drug-likeness (QED) is 0.585. The summed E-state index contributed by atoms with van der Waals surface area (Å²) in [6, 6.07) is 7.71. The molecule has 25 heavy (non-hydrogen) atoms. The Balaban J connectivity index is 1.94. The van der Waals surface area contributed by atoms with E-state index >= 15 is 0 Å². The third-order valence-electron chi connectivity index (χ3n) is 5.20. The van der Waals surface area contributed by atoms with Crippen molar-refractivity contribution in [2.45, 2.75) is 25.2 Å². The number of para-hydroxylation sites is 1. The van der Waals surface area contributed by atoms with Gasteiger partial charge in [0.2, 0.25) is 6.54 Å². The van der Waals surface area contributed by atoms with E-state index in [0.717, 1.165) is 56.9 Å². The van der Waals surface area contributed by atoms with E-state index in [4.69, 9.17) is 9.47 Å². The van der Waals surface area contributed by atoms with Crippen molar-refractivity contribution in [2.24, 2.45) is 5.92 Å². The van der Waals surface area contributed by atoms with Gasteiger partial charge in [-0.25, -0.2) is 0 Å². The van der Waals surface area contributed by atoms with Gasteiger partial charge in [0.15, 0.2) is 0 Å². The zero-order chi connectivity index (χ0) is 17.6. The van der Waals surface area contributed by atoms with E-state index in [0.29, 0.717) is 0 Å². The van der Waals surface area contributed by atoms with Crippen LogP contribution < -0.4 is 4.74 Å². The summed E-state index contributed by atoms with van der Waals surface area (Å²) in [5.74, 6) is 0.704. The zero-order valence-corrected chi connectivity index (χ0v) is 14.7. The van der Waals surface area contributed by atoms with Gasteiger partial charge in [0.25, 0.3) is 0 Å². The Bertz CT molecular complexity index is 626. The number of nitro groups is 1. The highest BCUT2D eigenvalue weighted by Crippen LogP contribution is 2.41. The van der Waals surface area contributed by atoms with Crippen molar-refractivity contribution in [3.63, 3.8) is 0 Å². The topological polar surface area (TPSA) is 64.8 Å². The van der Waals surface area contributed by atoms with Crippen molar-refractivity contribution in [2.75, 3.05) is 40.0 Å². The Hall–Kier alpha value is -2.08. The molecule has 6 heteroatoms. The smallest absolute Gasteiger partial charge is 0.211 e. The molecule has 0 unspecified atom stereocenters. The van der Waals surface area contributed by atoms with E-state index in [1.807, 2.05) is 24.3 Å². The zero-order valence-electron chi connectivity index (χ0n) is 14.7. The Morgan fingerprint density at radius 3 is 2.84 bits per heavy atom. The van der Waals surface area contributed by atoms with E-state index < -0.39 is 0 Å². The van der Waals surface area contributed by atoms with Gasteiger partial charge in [-0.2, -0.15) is 0 Å². The van der Waals surface area contributed by atoms with E-state index in [9.17, 15) is 10.1 Å². The molecule has 1 aliphatic heterocycles. The van der Waals surface area contributed by atoms with Crippen LogP contribution in [0.4, 0.5) is 0 Å². The highest BCUT2D eigenvalue weighted by Gasteiger charge is 2.35. The van der Waals surface area contributed by atoms with Crippen LogP contribution in [-0.4, -0.2) is 49.8 Å². The van der Waals surface area contributed by atoms with Crippen molar-refractivity contribution in [3.05, 3.63) is 51.7 Å². The lowest BCUT2D eigenvalue weighted by Crippen LogP contribution is -2.40. The minimum atomic E-state index is -0.192. The molecule has 6 nitrogen and oxygen atoms in total. The number of nitrogens with zero attached hydrogens (tertiary/aromatic N) is 2. The fourth-order valence-electron chi connectivity index (χ4n) is 4.06. The van der Waals surface area contributed by atoms with Gasteiger partial charge < -0.3 is 14.4 Å². The molecule has 0 spiro atoms. The fraction of sp³-hybridized carbons (Fsp3) is 0.579. The maximum absolute atomic E-state index is 11.4. The molecule has 3 rings (SSSR count). The molecule has 2 aliphatic rings. The molecule has 0 bridgehead atoms. The molecule has 136 valence electrons. The fourth-order valence-corrected chi connectivity index (χ4v) is 4.06. The molecule has 2 atom stereocenters. The Morgan fingerprint density at radius 2 is 2.12 bits per heavy atom. The summed E-state index contributed by atoms with van der Waals surface area (Å²) in [4.78, 5) is 13.6. The molecule has 0 radical (unpaired) electrons. The average Bonchev–Trinajstić information content (AvgIpc) is 2.67. The molecule has 1 heterocycles. The van der Waals surface area contributed by atoms with Crippen LogP contribution in [0.5, 0.6) is 5.75 Å². The SMILES string of the molecule is COc1ccccc1[C@@H](C[N+](=O)[O-])[C@H]1CCCC=C1N1CCOCC1. The maximum atomic E-state index is 11.4. The van der Waals surface area contributed by atoms with Crippen molar-refractivity contribution < 1.29 is 14.4 Å². The van der Waals surface area contributed by atoms with Crippen LogP contribution in [0.3, 0.4) is 0 Å². The third kappa shape index (κ3) is 4.12. The number of rotatable bonds is 6.